The Bertz CT molecular complexity index is 920. The smallest absolute Gasteiger partial charge is 0.261 e. The van der Waals surface area contributed by atoms with E-state index < -0.39 is 6.04 Å². The van der Waals surface area contributed by atoms with E-state index in [0.29, 0.717) is 35.6 Å². The minimum atomic E-state index is -0.687. The van der Waals surface area contributed by atoms with E-state index in [1.165, 1.54) is 4.90 Å². The molecule has 3 rings (SSSR count). The average Bonchev–Trinajstić information content (AvgIpc) is 2.83. The number of carbonyl (C=O) groups excluding carboxylic acids is 2. The summed E-state index contributed by atoms with van der Waals surface area (Å²) in [6.45, 7) is 6.09. The Kier molecular flexibility index (Phi) is 9.81. The van der Waals surface area contributed by atoms with E-state index in [-0.39, 0.29) is 25.0 Å². The van der Waals surface area contributed by atoms with E-state index in [1.807, 2.05) is 12.1 Å². The number of benzene rings is 2. The van der Waals surface area contributed by atoms with E-state index in [0.717, 1.165) is 25.2 Å². The number of carbonyl (C=O) groups is 2. The lowest BCUT2D eigenvalue weighted by Crippen LogP contribution is -2.50. The second-order valence-electron chi connectivity index (χ2n) is 7.79. The van der Waals surface area contributed by atoms with E-state index in [2.05, 4.69) is 10.2 Å². The van der Waals surface area contributed by atoms with Crippen LogP contribution in [0.25, 0.3) is 0 Å². The third-order valence-electron chi connectivity index (χ3n) is 5.45. The fourth-order valence-electron chi connectivity index (χ4n) is 3.46. The summed E-state index contributed by atoms with van der Waals surface area (Å²) in [7, 11) is 0. The van der Waals surface area contributed by atoms with Gasteiger partial charge in [-0.3, -0.25) is 14.5 Å². The summed E-state index contributed by atoms with van der Waals surface area (Å²) in [6, 6.07) is 13.4. The highest BCUT2D eigenvalue weighted by atomic mass is 35.5. The van der Waals surface area contributed by atoms with Crippen LogP contribution in [0.4, 0.5) is 0 Å². The second-order valence-corrected chi connectivity index (χ2v) is 8.63. The van der Waals surface area contributed by atoms with Gasteiger partial charge in [-0.05, 0) is 36.8 Å². The van der Waals surface area contributed by atoms with Crippen molar-refractivity contribution in [2.45, 2.75) is 19.5 Å². The Labute approximate surface area is 204 Å². The second kappa shape index (κ2) is 12.8. The third-order valence-corrected chi connectivity index (χ3v) is 6.02. The number of hydrogen-bond donors (Lipinski definition) is 1. The summed E-state index contributed by atoms with van der Waals surface area (Å²) in [5, 5.41) is 3.97. The van der Waals surface area contributed by atoms with Crippen molar-refractivity contribution in [3.63, 3.8) is 0 Å². The zero-order valence-electron chi connectivity index (χ0n) is 18.6. The minimum absolute atomic E-state index is 0.219. The molecule has 9 heteroatoms. The topological polar surface area (TPSA) is 71.1 Å². The van der Waals surface area contributed by atoms with Gasteiger partial charge in [0.25, 0.3) is 5.91 Å². The lowest BCUT2D eigenvalue weighted by atomic mass is 10.1. The SMILES string of the molecule is C[C@H](C(=O)NCCN1CCOCC1)N(Cc1ccc(Cl)cc1)C(=O)COc1ccccc1Cl. The van der Waals surface area contributed by atoms with Crippen molar-refractivity contribution in [1.82, 2.24) is 15.1 Å². The fraction of sp³-hybridized carbons (Fsp3) is 0.417. The standard InChI is InChI=1S/C24H29Cl2N3O4/c1-18(24(31)27-10-11-28-12-14-32-15-13-28)29(16-19-6-8-20(25)9-7-19)23(30)17-33-22-5-3-2-4-21(22)26/h2-9,18H,10-17H2,1H3,(H,27,31)/t18-/m1/s1. The number of morpholine rings is 1. The summed E-state index contributed by atoms with van der Waals surface area (Å²) in [6.07, 6.45) is 0. The molecule has 0 radical (unpaired) electrons. The van der Waals surface area contributed by atoms with Crippen LogP contribution < -0.4 is 10.1 Å². The first-order chi connectivity index (χ1) is 15.9. The van der Waals surface area contributed by atoms with Crippen LogP contribution in [0.2, 0.25) is 10.0 Å². The Morgan fingerprint density at radius 3 is 2.52 bits per heavy atom. The number of ether oxygens (including phenoxy) is 2. The van der Waals surface area contributed by atoms with Crippen LogP contribution in [0.5, 0.6) is 5.75 Å². The fourth-order valence-corrected chi connectivity index (χ4v) is 3.78. The van der Waals surface area contributed by atoms with Crippen molar-refractivity contribution in [2.75, 3.05) is 46.0 Å². The van der Waals surface area contributed by atoms with Gasteiger partial charge in [0.15, 0.2) is 6.61 Å². The summed E-state index contributed by atoms with van der Waals surface area (Å²) < 4.78 is 11.0. The Morgan fingerprint density at radius 2 is 1.82 bits per heavy atom. The molecule has 1 heterocycles. The van der Waals surface area contributed by atoms with E-state index >= 15 is 0 Å². The molecule has 2 aromatic rings. The van der Waals surface area contributed by atoms with Crippen LogP contribution in [0.1, 0.15) is 12.5 Å². The normalized spacial score (nSPS) is 15.0. The first-order valence-electron chi connectivity index (χ1n) is 10.9. The molecular weight excluding hydrogens is 465 g/mol. The molecule has 0 saturated carbocycles. The molecule has 0 bridgehead atoms. The molecule has 178 valence electrons. The van der Waals surface area contributed by atoms with Gasteiger partial charge in [-0.25, -0.2) is 0 Å². The van der Waals surface area contributed by atoms with Gasteiger partial charge in [-0.1, -0.05) is 47.5 Å². The number of amides is 2. The number of nitrogens with zero attached hydrogens (tertiary/aromatic N) is 2. The number of halogens is 2. The average molecular weight is 494 g/mol. The number of rotatable bonds is 10. The van der Waals surface area contributed by atoms with Gasteiger partial charge in [-0.2, -0.15) is 0 Å². The van der Waals surface area contributed by atoms with Gasteiger partial charge in [-0.15, -0.1) is 0 Å². The Morgan fingerprint density at radius 1 is 1.12 bits per heavy atom. The lowest BCUT2D eigenvalue weighted by molar-refractivity contribution is -0.142. The molecule has 0 aliphatic carbocycles. The summed E-state index contributed by atoms with van der Waals surface area (Å²) in [5.41, 5.74) is 0.860. The van der Waals surface area contributed by atoms with Gasteiger partial charge in [0.05, 0.1) is 18.2 Å². The predicted molar refractivity (Wildman–Crippen MR) is 129 cm³/mol. The quantitative estimate of drug-likeness (QED) is 0.549. The zero-order chi connectivity index (χ0) is 23.6. The highest BCUT2D eigenvalue weighted by Gasteiger charge is 2.26. The van der Waals surface area contributed by atoms with Crippen molar-refractivity contribution >= 4 is 35.0 Å². The van der Waals surface area contributed by atoms with Gasteiger partial charge in [0.2, 0.25) is 5.91 Å². The minimum Gasteiger partial charge on any atom is -0.482 e. The molecule has 0 spiro atoms. The molecular formula is C24H29Cl2N3O4. The van der Waals surface area contributed by atoms with Gasteiger partial charge in [0.1, 0.15) is 11.8 Å². The van der Waals surface area contributed by atoms with Crippen LogP contribution >= 0.6 is 23.2 Å². The molecule has 2 aromatic carbocycles. The lowest BCUT2D eigenvalue weighted by Gasteiger charge is -2.30. The molecule has 1 fully saturated rings. The van der Waals surface area contributed by atoms with Gasteiger partial charge < -0.3 is 19.7 Å². The third kappa shape index (κ3) is 7.89. The van der Waals surface area contributed by atoms with Crippen LogP contribution in [0, 0.1) is 0 Å². The van der Waals surface area contributed by atoms with E-state index in [4.69, 9.17) is 32.7 Å². The molecule has 7 nitrogen and oxygen atoms in total. The number of hydrogen-bond acceptors (Lipinski definition) is 5. The molecule has 33 heavy (non-hydrogen) atoms. The largest absolute Gasteiger partial charge is 0.482 e. The predicted octanol–water partition coefficient (Wildman–Crippen LogP) is 3.24. The van der Waals surface area contributed by atoms with Crippen molar-refractivity contribution in [3.05, 3.63) is 64.1 Å². The highest BCUT2D eigenvalue weighted by Crippen LogP contribution is 2.23. The van der Waals surface area contributed by atoms with E-state index in [1.54, 1.807) is 43.3 Å². The van der Waals surface area contributed by atoms with E-state index in [9.17, 15) is 9.59 Å². The van der Waals surface area contributed by atoms with Crippen molar-refractivity contribution < 1.29 is 19.1 Å². The van der Waals surface area contributed by atoms with Gasteiger partial charge in [0, 0.05) is 37.7 Å². The number of nitrogens with one attached hydrogen (secondary N) is 1. The molecule has 1 aliphatic heterocycles. The summed E-state index contributed by atoms with van der Waals surface area (Å²) >= 11 is 12.1. The first-order valence-corrected chi connectivity index (χ1v) is 11.7. The maximum absolute atomic E-state index is 13.1. The molecule has 1 N–H and O–H groups in total. The summed E-state index contributed by atoms with van der Waals surface area (Å²) in [4.78, 5) is 29.7. The number of para-hydroxylation sites is 1. The summed E-state index contributed by atoms with van der Waals surface area (Å²) in [5.74, 6) is -0.120. The Balaban J connectivity index is 1.62. The first kappa shape index (κ1) is 25.3. The molecule has 0 aromatic heterocycles. The van der Waals surface area contributed by atoms with Crippen LogP contribution in [-0.2, 0) is 20.9 Å². The van der Waals surface area contributed by atoms with Crippen molar-refractivity contribution in [2.24, 2.45) is 0 Å². The van der Waals surface area contributed by atoms with Crippen molar-refractivity contribution in [3.8, 4) is 5.75 Å². The van der Waals surface area contributed by atoms with Crippen molar-refractivity contribution in [1.29, 1.82) is 0 Å². The van der Waals surface area contributed by atoms with Crippen LogP contribution in [0.3, 0.4) is 0 Å². The maximum atomic E-state index is 13.1. The van der Waals surface area contributed by atoms with Crippen LogP contribution in [-0.4, -0.2) is 73.7 Å². The van der Waals surface area contributed by atoms with Gasteiger partial charge >= 0.3 is 0 Å². The Hall–Kier alpha value is -2.32. The molecule has 2 amide bonds. The van der Waals surface area contributed by atoms with Crippen LogP contribution in [0.15, 0.2) is 48.5 Å². The zero-order valence-corrected chi connectivity index (χ0v) is 20.1. The molecule has 1 saturated heterocycles. The molecule has 1 atom stereocenters. The monoisotopic (exact) mass is 493 g/mol. The molecule has 0 unspecified atom stereocenters. The highest BCUT2D eigenvalue weighted by molar-refractivity contribution is 6.32. The maximum Gasteiger partial charge on any atom is 0.261 e. The molecule has 1 aliphatic rings.